The number of aryl methyl sites for hydroxylation is 1. The number of thiazole rings is 1. The van der Waals surface area contributed by atoms with Gasteiger partial charge in [0.25, 0.3) is 5.91 Å². The van der Waals surface area contributed by atoms with Crippen LogP contribution in [0.4, 0.5) is 10.1 Å². The van der Waals surface area contributed by atoms with E-state index in [0.717, 1.165) is 16.0 Å². The highest BCUT2D eigenvalue weighted by atomic mass is 32.1. The number of carbonyl (C=O) groups excluding carboxylic acids is 1. The van der Waals surface area contributed by atoms with Crippen molar-refractivity contribution in [2.75, 3.05) is 5.73 Å². The highest BCUT2D eigenvalue weighted by molar-refractivity contribution is 7.11. The molecule has 1 aromatic carbocycles. The van der Waals surface area contributed by atoms with Crippen LogP contribution in [-0.4, -0.2) is 10.9 Å². The van der Waals surface area contributed by atoms with Gasteiger partial charge in [0.15, 0.2) is 0 Å². The molecule has 1 amide bonds. The van der Waals surface area contributed by atoms with Gasteiger partial charge < -0.3 is 11.1 Å². The lowest BCUT2D eigenvalue weighted by Gasteiger charge is -2.06. The molecule has 3 N–H and O–H groups in total. The molecular weight excluding hydrogens is 253 g/mol. The number of hydrogen-bond acceptors (Lipinski definition) is 4. The average Bonchev–Trinajstić information content (AvgIpc) is 2.72. The molecule has 18 heavy (non-hydrogen) atoms. The molecule has 0 aliphatic heterocycles. The minimum atomic E-state index is -0.456. The van der Waals surface area contributed by atoms with Gasteiger partial charge in [-0.05, 0) is 25.1 Å². The molecule has 2 rings (SSSR count). The molecule has 0 bridgehead atoms. The topological polar surface area (TPSA) is 68.0 Å². The number of hydrogen-bond donors (Lipinski definition) is 2. The predicted molar refractivity (Wildman–Crippen MR) is 68.8 cm³/mol. The number of rotatable bonds is 3. The lowest BCUT2D eigenvalue weighted by atomic mass is 10.1. The first-order valence-corrected chi connectivity index (χ1v) is 6.12. The standard InChI is InChI=1S/C12H12FN3OS/c1-7-15-5-9(18-7)6-16-12(17)10-3-2-8(13)4-11(10)14/h2-5H,6,14H2,1H3,(H,16,17). The van der Waals surface area contributed by atoms with Gasteiger partial charge in [-0.1, -0.05) is 0 Å². The number of amides is 1. The Morgan fingerprint density at radius 3 is 2.94 bits per heavy atom. The van der Waals surface area contributed by atoms with Crippen molar-refractivity contribution in [1.29, 1.82) is 0 Å². The van der Waals surface area contributed by atoms with E-state index >= 15 is 0 Å². The van der Waals surface area contributed by atoms with Crippen molar-refractivity contribution in [3.63, 3.8) is 0 Å². The Labute approximate surface area is 108 Å². The Bertz CT molecular complexity index is 582. The van der Waals surface area contributed by atoms with Gasteiger partial charge >= 0.3 is 0 Å². The fraction of sp³-hybridized carbons (Fsp3) is 0.167. The summed E-state index contributed by atoms with van der Waals surface area (Å²) in [5.41, 5.74) is 5.99. The van der Waals surface area contributed by atoms with E-state index in [1.165, 1.54) is 23.5 Å². The van der Waals surface area contributed by atoms with Crippen LogP contribution in [0.15, 0.2) is 24.4 Å². The maximum absolute atomic E-state index is 12.8. The summed E-state index contributed by atoms with van der Waals surface area (Å²) in [5, 5.41) is 3.66. The number of nitrogens with two attached hydrogens (primary N) is 1. The number of nitrogens with one attached hydrogen (secondary N) is 1. The third-order valence-electron chi connectivity index (χ3n) is 2.35. The van der Waals surface area contributed by atoms with Crippen LogP contribution < -0.4 is 11.1 Å². The van der Waals surface area contributed by atoms with E-state index in [-0.39, 0.29) is 17.2 Å². The maximum atomic E-state index is 12.8. The van der Waals surface area contributed by atoms with Gasteiger partial charge in [0.2, 0.25) is 0 Å². The Morgan fingerprint density at radius 1 is 1.56 bits per heavy atom. The Balaban J connectivity index is 2.03. The molecule has 6 heteroatoms. The minimum Gasteiger partial charge on any atom is -0.398 e. The summed E-state index contributed by atoms with van der Waals surface area (Å²) in [7, 11) is 0. The zero-order valence-corrected chi connectivity index (χ0v) is 10.6. The zero-order chi connectivity index (χ0) is 13.1. The molecule has 94 valence electrons. The van der Waals surface area contributed by atoms with Crippen LogP contribution in [0.5, 0.6) is 0 Å². The van der Waals surface area contributed by atoms with E-state index < -0.39 is 5.82 Å². The number of nitrogen functional groups attached to an aromatic ring is 1. The normalized spacial score (nSPS) is 10.3. The van der Waals surface area contributed by atoms with Gasteiger partial charge in [-0.25, -0.2) is 9.37 Å². The summed E-state index contributed by atoms with van der Waals surface area (Å²) in [6.45, 7) is 2.29. The van der Waals surface area contributed by atoms with Crippen molar-refractivity contribution in [2.45, 2.75) is 13.5 Å². The summed E-state index contributed by atoms with van der Waals surface area (Å²) in [6, 6.07) is 3.71. The fourth-order valence-corrected chi connectivity index (χ4v) is 2.22. The Kier molecular flexibility index (Phi) is 3.57. The zero-order valence-electron chi connectivity index (χ0n) is 9.74. The summed E-state index contributed by atoms with van der Waals surface area (Å²) in [5.74, 6) is -0.777. The Hall–Kier alpha value is -1.95. The molecular formula is C12H12FN3OS. The molecule has 1 heterocycles. The van der Waals surface area contributed by atoms with Crippen LogP contribution in [0.25, 0.3) is 0 Å². The number of carbonyl (C=O) groups is 1. The van der Waals surface area contributed by atoms with Crippen molar-refractivity contribution in [2.24, 2.45) is 0 Å². The van der Waals surface area contributed by atoms with E-state index in [9.17, 15) is 9.18 Å². The smallest absolute Gasteiger partial charge is 0.253 e. The SMILES string of the molecule is Cc1ncc(CNC(=O)c2ccc(F)cc2N)s1. The van der Waals surface area contributed by atoms with Crippen LogP contribution >= 0.6 is 11.3 Å². The van der Waals surface area contributed by atoms with Gasteiger partial charge in [0, 0.05) is 16.8 Å². The van der Waals surface area contributed by atoms with Crippen molar-refractivity contribution in [1.82, 2.24) is 10.3 Å². The van der Waals surface area contributed by atoms with Crippen LogP contribution in [-0.2, 0) is 6.54 Å². The second-order valence-corrected chi connectivity index (χ2v) is 5.08. The van der Waals surface area contributed by atoms with E-state index in [4.69, 9.17) is 5.73 Å². The average molecular weight is 265 g/mol. The molecule has 4 nitrogen and oxygen atoms in total. The molecule has 0 saturated carbocycles. The first-order valence-electron chi connectivity index (χ1n) is 5.31. The third kappa shape index (κ3) is 2.84. The maximum Gasteiger partial charge on any atom is 0.253 e. The monoisotopic (exact) mass is 265 g/mol. The van der Waals surface area contributed by atoms with Gasteiger partial charge in [-0.15, -0.1) is 11.3 Å². The molecule has 0 unspecified atom stereocenters. The molecule has 0 saturated heterocycles. The number of halogens is 1. The van der Waals surface area contributed by atoms with Gasteiger partial charge in [0.1, 0.15) is 5.82 Å². The number of nitrogens with zero attached hydrogens (tertiary/aromatic N) is 1. The summed E-state index contributed by atoms with van der Waals surface area (Å²) >= 11 is 1.51. The first kappa shape index (κ1) is 12.5. The van der Waals surface area contributed by atoms with Crippen LogP contribution in [0.3, 0.4) is 0 Å². The van der Waals surface area contributed by atoms with Gasteiger partial charge in [0.05, 0.1) is 17.1 Å². The van der Waals surface area contributed by atoms with Crippen LogP contribution in [0.2, 0.25) is 0 Å². The van der Waals surface area contributed by atoms with Crippen LogP contribution in [0, 0.1) is 12.7 Å². The first-order chi connectivity index (χ1) is 8.56. The number of benzene rings is 1. The minimum absolute atomic E-state index is 0.132. The van der Waals surface area contributed by atoms with E-state index in [2.05, 4.69) is 10.3 Å². The molecule has 0 aliphatic carbocycles. The molecule has 0 aliphatic rings. The molecule has 0 fully saturated rings. The number of aromatic nitrogens is 1. The largest absolute Gasteiger partial charge is 0.398 e. The summed E-state index contributed by atoms with van der Waals surface area (Å²) < 4.78 is 12.8. The highest BCUT2D eigenvalue weighted by Crippen LogP contribution is 2.14. The van der Waals surface area contributed by atoms with Crippen molar-refractivity contribution in [3.8, 4) is 0 Å². The second-order valence-electron chi connectivity index (χ2n) is 3.76. The van der Waals surface area contributed by atoms with E-state index in [1.807, 2.05) is 6.92 Å². The quantitative estimate of drug-likeness (QED) is 0.835. The summed E-state index contributed by atoms with van der Waals surface area (Å²) in [6.07, 6.45) is 1.72. The van der Waals surface area contributed by atoms with E-state index in [1.54, 1.807) is 6.20 Å². The molecule has 0 radical (unpaired) electrons. The van der Waals surface area contributed by atoms with Crippen molar-refractivity contribution in [3.05, 3.63) is 45.7 Å². The fourth-order valence-electron chi connectivity index (χ4n) is 1.49. The summed E-state index contributed by atoms with van der Waals surface area (Å²) in [4.78, 5) is 16.9. The second kappa shape index (κ2) is 5.14. The highest BCUT2D eigenvalue weighted by Gasteiger charge is 2.10. The lowest BCUT2D eigenvalue weighted by molar-refractivity contribution is 0.0952. The molecule has 0 spiro atoms. The lowest BCUT2D eigenvalue weighted by Crippen LogP contribution is -2.23. The van der Waals surface area contributed by atoms with Crippen molar-refractivity contribution < 1.29 is 9.18 Å². The Morgan fingerprint density at radius 2 is 2.33 bits per heavy atom. The third-order valence-corrected chi connectivity index (χ3v) is 3.26. The van der Waals surface area contributed by atoms with Gasteiger partial charge in [-0.2, -0.15) is 0 Å². The predicted octanol–water partition coefficient (Wildman–Crippen LogP) is 2.10. The molecule has 1 aromatic heterocycles. The molecule has 2 aromatic rings. The number of anilines is 1. The van der Waals surface area contributed by atoms with E-state index in [0.29, 0.717) is 6.54 Å². The van der Waals surface area contributed by atoms with Crippen molar-refractivity contribution >= 4 is 22.9 Å². The van der Waals surface area contributed by atoms with Gasteiger partial charge in [-0.3, -0.25) is 4.79 Å². The van der Waals surface area contributed by atoms with Crippen LogP contribution in [0.1, 0.15) is 20.2 Å². The molecule has 0 atom stereocenters.